The van der Waals surface area contributed by atoms with Crippen LogP contribution in [0.2, 0.25) is 5.02 Å². The Kier molecular flexibility index (Phi) is 5.56. The zero-order chi connectivity index (χ0) is 24.1. The van der Waals surface area contributed by atoms with Crippen LogP contribution in [0.5, 0.6) is 0 Å². The summed E-state index contributed by atoms with van der Waals surface area (Å²) in [7, 11) is 1.21. The number of hydrogen-bond acceptors (Lipinski definition) is 6. The molecule has 2 fully saturated rings. The molecular weight excluding hydrogens is 473 g/mol. The lowest BCUT2D eigenvalue weighted by Crippen LogP contribution is -2.46. The number of aromatic nitrogens is 3. The summed E-state index contributed by atoms with van der Waals surface area (Å²) in [6, 6.07) is 3.09. The number of benzene rings is 1. The number of piperidine rings is 1. The number of amides is 1. The number of nitrogens with zero attached hydrogens (tertiary/aromatic N) is 2. The van der Waals surface area contributed by atoms with Crippen LogP contribution in [0.15, 0.2) is 24.5 Å². The van der Waals surface area contributed by atoms with Crippen molar-refractivity contribution in [3.63, 3.8) is 0 Å². The Balaban J connectivity index is 1.50. The van der Waals surface area contributed by atoms with Crippen LogP contribution < -0.4 is 16.0 Å². The molecule has 1 spiro atoms. The number of aromatic amines is 1. The Hall–Kier alpha value is -3.05. The summed E-state index contributed by atoms with van der Waals surface area (Å²) >= 11 is 6.39. The average Bonchev–Trinajstić information content (AvgIpc) is 3.42. The summed E-state index contributed by atoms with van der Waals surface area (Å²) in [4.78, 5) is 22.7. The lowest BCUT2D eigenvalue weighted by molar-refractivity contribution is -0.137. The van der Waals surface area contributed by atoms with Gasteiger partial charge in [0.05, 0.1) is 29.0 Å². The van der Waals surface area contributed by atoms with Crippen LogP contribution in [0.3, 0.4) is 0 Å². The fourth-order valence-corrected chi connectivity index (χ4v) is 4.61. The summed E-state index contributed by atoms with van der Waals surface area (Å²) in [6.45, 7) is 0.707. The molecule has 3 aromatic rings. The highest BCUT2D eigenvalue weighted by molar-refractivity contribution is 6.38. The molecule has 1 aromatic carbocycles. The maximum Gasteiger partial charge on any atom is 0.419 e. The molecule has 4 N–H and O–H groups in total. The van der Waals surface area contributed by atoms with E-state index in [4.69, 9.17) is 11.6 Å². The van der Waals surface area contributed by atoms with E-state index in [1.165, 1.54) is 32.2 Å². The van der Waals surface area contributed by atoms with Crippen molar-refractivity contribution in [3.05, 3.63) is 35.1 Å². The van der Waals surface area contributed by atoms with Crippen molar-refractivity contribution < 1.29 is 22.7 Å². The van der Waals surface area contributed by atoms with Gasteiger partial charge in [-0.3, -0.25) is 5.32 Å². The maximum absolute atomic E-state index is 13.8. The van der Waals surface area contributed by atoms with Crippen LogP contribution in [-0.2, 0) is 10.9 Å². The molecule has 2 aromatic heterocycles. The Bertz CT molecular complexity index is 1250. The van der Waals surface area contributed by atoms with Gasteiger partial charge in [-0.15, -0.1) is 0 Å². The molecule has 0 unspecified atom stereocenters. The molecule has 1 amide bonds. The molecule has 1 saturated heterocycles. The van der Waals surface area contributed by atoms with E-state index in [1.54, 1.807) is 6.07 Å². The van der Waals surface area contributed by atoms with Gasteiger partial charge in [-0.1, -0.05) is 11.6 Å². The van der Waals surface area contributed by atoms with Gasteiger partial charge in [-0.25, -0.2) is 14.8 Å². The molecule has 12 heteroatoms. The fraction of sp³-hybridized carbons (Fsp3) is 0.409. The number of nitrogens with one attached hydrogen (secondary N) is 4. The molecule has 1 saturated carbocycles. The van der Waals surface area contributed by atoms with E-state index in [0.29, 0.717) is 17.4 Å². The molecule has 1 aliphatic heterocycles. The number of carbonyl (C=O) groups is 1. The third-order valence-corrected chi connectivity index (χ3v) is 6.84. The van der Waals surface area contributed by atoms with Crippen LogP contribution in [0.4, 0.5) is 29.6 Å². The molecule has 2 aliphatic rings. The molecule has 0 radical (unpaired) electrons. The van der Waals surface area contributed by atoms with Crippen molar-refractivity contribution in [2.75, 3.05) is 24.3 Å². The predicted octanol–water partition coefficient (Wildman–Crippen LogP) is 5.17. The van der Waals surface area contributed by atoms with E-state index >= 15 is 0 Å². The van der Waals surface area contributed by atoms with E-state index in [0.717, 1.165) is 19.0 Å². The second-order valence-corrected chi connectivity index (χ2v) is 9.04. The van der Waals surface area contributed by atoms with Crippen LogP contribution in [0.1, 0.15) is 31.2 Å². The number of H-pyrrole nitrogens is 1. The third kappa shape index (κ3) is 4.25. The predicted molar refractivity (Wildman–Crippen MR) is 122 cm³/mol. The topological polar surface area (TPSA) is 104 Å². The Labute approximate surface area is 197 Å². The first-order valence-corrected chi connectivity index (χ1v) is 11.2. The van der Waals surface area contributed by atoms with Crippen molar-refractivity contribution in [1.82, 2.24) is 20.3 Å². The second kappa shape index (κ2) is 8.31. The van der Waals surface area contributed by atoms with E-state index in [9.17, 15) is 18.0 Å². The highest BCUT2D eigenvalue weighted by Crippen LogP contribution is 2.43. The lowest BCUT2D eigenvalue weighted by atomic mass is 9.99. The summed E-state index contributed by atoms with van der Waals surface area (Å²) in [5.41, 5.74) is -0.117. The molecule has 34 heavy (non-hydrogen) atoms. The first kappa shape index (κ1) is 22.7. The second-order valence-electron chi connectivity index (χ2n) is 8.66. The van der Waals surface area contributed by atoms with Crippen molar-refractivity contribution in [3.8, 4) is 11.3 Å². The van der Waals surface area contributed by atoms with Gasteiger partial charge in [0.25, 0.3) is 0 Å². The maximum atomic E-state index is 13.8. The van der Waals surface area contributed by atoms with Gasteiger partial charge >= 0.3 is 12.3 Å². The van der Waals surface area contributed by atoms with Gasteiger partial charge in [-0.05, 0) is 37.8 Å². The average molecular weight is 495 g/mol. The number of methoxy groups -OCH3 is 1. The van der Waals surface area contributed by atoms with Crippen molar-refractivity contribution in [2.24, 2.45) is 0 Å². The van der Waals surface area contributed by atoms with Crippen LogP contribution in [-0.4, -0.2) is 46.3 Å². The van der Waals surface area contributed by atoms with E-state index in [2.05, 4.69) is 35.6 Å². The van der Waals surface area contributed by atoms with Gasteiger partial charge in [0.1, 0.15) is 5.56 Å². The Morgan fingerprint density at radius 1 is 1.29 bits per heavy atom. The molecule has 8 nitrogen and oxygen atoms in total. The molecule has 5 rings (SSSR count). The molecular formula is C22H22ClF3N6O2. The smallest absolute Gasteiger partial charge is 0.419 e. The minimum atomic E-state index is -4.65. The normalized spacial score (nSPS) is 19.3. The molecule has 1 aliphatic carbocycles. The number of hydrogen-bond donors (Lipinski definition) is 4. The van der Waals surface area contributed by atoms with E-state index in [1.807, 2.05) is 0 Å². The quantitative estimate of drug-likeness (QED) is 0.399. The molecule has 3 heterocycles. The number of ether oxygens (including phenoxy) is 1. The number of halogens is 4. The first-order chi connectivity index (χ1) is 16.2. The number of alkyl halides is 3. The summed E-state index contributed by atoms with van der Waals surface area (Å²) in [5, 5.41) is 9.71. The summed E-state index contributed by atoms with van der Waals surface area (Å²) in [6.07, 6.45) is 1.09. The van der Waals surface area contributed by atoms with Crippen LogP contribution >= 0.6 is 11.6 Å². The standard InChI is InChI=1S/C22H22ClF3N6O2/c1-34-20(33)31-15-3-2-12-13(9-27-18(12)16(15)23)17-14(22(24,25)26)10-28-19(32-17)30-11-4-5-21(6-7-21)29-8-11/h2-3,9-11,27,29H,4-8H2,1H3,(H,31,33)(H,28,30,32)/t11-/m0/s1. The van der Waals surface area contributed by atoms with Crippen molar-refractivity contribution in [2.45, 2.75) is 43.4 Å². The summed E-state index contributed by atoms with van der Waals surface area (Å²) in [5.74, 6) is 0.131. The fourth-order valence-electron chi connectivity index (χ4n) is 4.35. The minimum Gasteiger partial charge on any atom is -0.453 e. The highest BCUT2D eigenvalue weighted by atomic mass is 35.5. The van der Waals surface area contributed by atoms with Crippen molar-refractivity contribution >= 4 is 40.2 Å². The minimum absolute atomic E-state index is 0.0279. The van der Waals surface area contributed by atoms with Crippen molar-refractivity contribution in [1.29, 1.82) is 0 Å². The van der Waals surface area contributed by atoms with Gasteiger partial charge in [0.2, 0.25) is 5.95 Å². The van der Waals surface area contributed by atoms with Gasteiger partial charge < -0.3 is 20.4 Å². The summed E-state index contributed by atoms with van der Waals surface area (Å²) < 4.78 is 46.1. The number of rotatable bonds is 4. The number of fused-ring (bicyclic) bond motifs is 1. The SMILES string of the molecule is COC(=O)Nc1ccc2c(-c3nc(N[C@H]4CCC5(CC5)NC4)ncc3C(F)(F)F)c[nH]c2c1Cl. The zero-order valence-electron chi connectivity index (χ0n) is 18.1. The number of carbonyl (C=O) groups excluding carboxylic acids is 1. The Morgan fingerprint density at radius 3 is 2.74 bits per heavy atom. The van der Waals surface area contributed by atoms with Gasteiger partial charge in [0.15, 0.2) is 0 Å². The van der Waals surface area contributed by atoms with Gasteiger partial charge in [-0.2, -0.15) is 13.2 Å². The largest absolute Gasteiger partial charge is 0.453 e. The van der Waals surface area contributed by atoms with Gasteiger partial charge in [0, 0.05) is 41.5 Å². The first-order valence-electron chi connectivity index (χ1n) is 10.8. The highest BCUT2D eigenvalue weighted by Gasteiger charge is 2.45. The van der Waals surface area contributed by atoms with Crippen LogP contribution in [0, 0.1) is 0 Å². The van der Waals surface area contributed by atoms with E-state index < -0.39 is 17.8 Å². The number of anilines is 2. The molecule has 0 bridgehead atoms. The molecule has 1 atom stereocenters. The van der Waals surface area contributed by atoms with E-state index in [-0.39, 0.29) is 39.5 Å². The third-order valence-electron chi connectivity index (χ3n) is 6.45. The molecule has 180 valence electrons. The van der Waals surface area contributed by atoms with Crippen LogP contribution in [0.25, 0.3) is 22.2 Å². The monoisotopic (exact) mass is 494 g/mol. The lowest BCUT2D eigenvalue weighted by Gasteiger charge is -2.30. The Morgan fingerprint density at radius 2 is 2.09 bits per heavy atom. The zero-order valence-corrected chi connectivity index (χ0v) is 18.9.